The van der Waals surface area contributed by atoms with Crippen LogP contribution in [0.1, 0.15) is 64.2 Å². The number of thioether (sulfide) groups is 2. The molecule has 2 saturated carbocycles. The first kappa shape index (κ1) is 20.9. The van der Waals surface area contributed by atoms with Crippen LogP contribution in [0, 0.1) is 40.9 Å². The molecule has 4 fully saturated rings. The minimum Gasteiger partial charge on any atom is -0.481 e. The molecule has 156 valence electrons. The average Bonchev–Trinajstić information content (AvgIpc) is 3.26. The number of carbonyl (C=O) groups is 1. The number of hydrogen-bond donors (Lipinski definition) is 2. The van der Waals surface area contributed by atoms with Gasteiger partial charge in [0.2, 0.25) is 0 Å². The summed E-state index contributed by atoms with van der Waals surface area (Å²) in [5.74, 6) is 3.27. The van der Waals surface area contributed by atoms with Crippen LogP contribution in [-0.2, 0) is 4.79 Å². The predicted octanol–water partition coefficient (Wildman–Crippen LogP) is 4.75. The Labute approximate surface area is 178 Å². The van der Waals surface area contributed by atoms with Gasteiger partial charge in [0.05, 0.1) is 17.4 Å². The van der Waals surface area contributed by atoms with Crippen LogP contribution in [0.3, 0.4) is 0 Å². The van der Waals surface area contributed by atoms with Crippen LogP contribution in [0.5, 0.6) is 0 Å². The summed E-state index contributed by atoms with van der Waals surface area (Å²) in [6, 6.07) is 2.92. The Morgan fingerprint density at radius 2 is 1.82 bits per heavy atom. The van der Waals surface area contributed by atoms with E-state index in [2.05, 4.69) is 23.1 Å². The Balaban J connectivity index is 1.44. The lowest BCUT2D eigenvalue weighted by Gasteiger charge is -2.50. The number of carboxylic acid groups (broad SMARTS) is 1. The van der Waals surface area contributed by atoms with Crippen LogP contribution in [-0.4, -0.2) is 39.2 Å². The third kappa shape index (κ3) is 4.52. The van der Waals surface area contributed by atoms with E-state index in [1.165, 1.54) is 37.9 Å². The highest BCUT2D eigenvalue weighted by Crippen LogP contribution is 2.48. The van der Waals surface area contributed by atoms with E-state index in [9.17, 15) is 9.90 Å². The maximum absolute atomic E-state index is 12.3. The number of rotatable bonds is 5. The molecule has 2 heterocycles. The lowest BCUT2D eigenvalue weighted by molar-refractivity contribution is -0.147. The number of aliphatic carboxylic acids is 1. The molecule has 2 aliphatic carbocycles. The van der Waals surface area contributed by atoms with Crippen LogP contribution in [0.4, 0.5) is 0 Å². The largest absolute Gasteiger partial charge is 0.481 e. The number of hydrogen-bond acceptors (Lipinski definition) is 5. The number of carboxylic acids is 1. The Kier molecular flexibility index (Phi) is 7.17. The second-order valence-electron chi connectivity index (χ2n) is 9.32. The SMILES string of the molecule is N#CC1CCC(CSC2NC(C3CCCS3)C3CCCCC3C2C(=O)O)CC1. The van der Waals surface area contributed by atoms with Crippen molar-refractivity contribution in [1.29, 1.82) is 5.26 Å². The fourth-order valence-electron chi connectivity index (χ4n) is 6.15. The van der Waals surface area contributed by atoms with Gasteiger partial charge in [-0.2, -0.15) is 17.0 Å². The molecular weight excluding hydrogens is 388 g/mol. The smallest absolute Gasteiger partial charge is 0.309 e. The molecule has 0 aromatic carbocycles. The van der Waals surface area contributed by atoms with Gasteiger partial charge < -0.3 is 10.4 Å². The van der Waals surface area contributed by atoms with Gasteiger partial charge in [-0.3, -0.25) is 4.79 Å². The second-order valence-corrected chi connectivity index (χ2v) is 11.8. The summed E-state index contributed by atoms with van der Waals surface area (Å²) in [5, 5.41) is 23.8. The molecule has 0 aromatic heterocycles. The molecule has 2 saturated heterocycles. The molecule has 0 amide bonds. The van der Waals surface area contributed by atoms with Crippen LogP contribution < -0.4 is 5.32 Å². The van der Waals surface area contributed by atoms with Crippen molar-refractivity contribution in [1.82, 2.24) is 5.32 Å². The van der Waals surface area contributed by atoms with Gasteiger partial charge in [0.1, 0.15) is 0 Å². The summed E-state index contributed by atoms with van der Waals surface area (Å²) in [4.78, 5) is 12.3. The van der Waals surface area contributed by atoms with Crippen LogP contribution in [0.2, 0.25) is 0 Å². The molecule has 4 rings (SSSR count). The monoisotopic (exact) mass is 422 g/mol. The van der Waals surface area contributed by atoms with Crippen molar-refractivity contribution in [3.63, 3.8) is 0 Å². The van der Waals surface area contributed by atoms with E-state index in [-0.39, 0.29) is 17.2 Å². The van der Waals surface area contributed by atoms with Gasteiger partial charge in [0.25, 0.3) is 0 Å². The Morgan fingerprint density at radius 1 is 1.07 bits per heavy atom. The molecule has 6 unspecified atom stereocenters. The molecule has 28 heavy (non-hydrogen) atoms. The van der Waals surface area contributed by atoms with E-state index in [1.807, 2.05) is 11.8 Å². The van der Waals surface area contributed by atoms with E-state index in [1.54, 1.807) is 0 Å². The van der Waals surface area contributed by atoms with Crippen molar-refractivity contribution < 1.29 is 9.90 Å². The number of nitrogens with one attached hydrogen (secondary N) is 1. The fourth-order valence-corrected chi connectivity index (χ4v) is 9.20. The van der Waals surface area contributed by atoms with Gasteiger partial charge in [-0.25, -0.2) is 0 Å². The maximum atomic E-state index is 12.3. The first-order valence-corrected chi connectivity index (χ1v) is 13.4. The molecule has 4 aliphatic rings. The van der Waals surface area contributed by atoms with Gasteiger partial charge in [0, 0.05) is 17.2 Å². The molecule has 0 radical (unpaired) electrons. The van der Waals surface area contributed by atoms with Gasteiger partial charge in [-0.15, -0.1) is 11.8 Å². The third-order valence-corrected chi connectivity index (χ3v) is 10.6. The molecule has 0 bridgehead atoms. The predicted molar refractivity (Wildman–Crippen MR) is 116 cm³/mol. The van der Waals surface area contributed by atoms with Crippen molar-refractivity contribution in [2.24, 2.45) is 29.6 Å². The summed E-state index contributed by atoms with van der Waals surface area (Å²) >= 11 is 4.00. The number of nitrogens with zero attached hydrogens (tertiary/aromatic N) is 1. The van der Waals surface area contributed by atoms with E-state index in [4.69, 9.17) is 5.26 Å². The number of nitriles is 1. The molecule has 2 aliphatic heterocycles. The summed E-state index contributed by atoms with van der Waals surface area (Å²) in [6.07, 6.45) is 11.7. The zero-order chi connectivity index (χ0) is 19.5. The zero-order valence-corrected chi connectivity index (χ0v) is 18.4. The highest BCUT2D eigenvalue weighted by molar-refractivity contribution is 8.00. The molecule has 0 aromatic rings. The first-order chi connectivity index (χ1) is 13.7. The first-order valence-electron chi connectivity index (χ1n) is 11.3. The van der Waals surface area contributed by atoms with Crippen LogP contribution in [0.15, 0.2) is 0 Å². The van der Waals surface area contributed by atoms with E-state index >= 15 is 0 Å². The quantitative estimate of drug-likeness (QED) is 0.666. The molecule has 2 N–H and O–H groups in total. The van der Waals surface area contributed by atoms with Gasteiger partial charge in [-0.1, -0.05) is 12.8 Å². The van der Waals surface area contributed by atoms with Gasteiger partial charge >= 0.3 is 5.97 Å². The molecule has 6 atom stereocenters. The molecule has 0 spiro atoms. The lowest BCUT2D eigenvalue weighted by Crippen LogP contribution is -2.61. The topological polar surface area (TPSA) is 73.1 Å². The standard InChI is InChI=1S/C22H34N2O2S2/c23-12-14-7-9-15(10-8-14)13-28-21-19(22(25)26)16-4-1-2-5-17(16)20(24-21)18-6-3-11-27-18/h14-21,24H,1-11,13H2,(H,25,26). The van der Waals surface area contributed by atoms with Crippen LogP contribution in [0.25, 0.3) is 0 Å². The van der Waals surface area contributed by atoms with Crippen molar-refractivity contribution in [3.05, 3.63) is 0 Å². The van der Waals surface area contributed by atoms with Crippen molar-refractivity contribution in [3.8, 4) is 6.07 Å². The van der Waals surface area contributed by atoms with Gasteiger partial charge in [-0.05, 0) is 80.6 Å². The third-order valence-electron chi connectivity index (χ3n) is 7.67. The summed E-state index contributed by atoms with van der Waals surface area (Å²) in [7, 11) is 0. The minimum absolute atomic E-state index is 0.0525. The molecule has 6 heteroatoms. The number of piperidine rings is 1. The van der Waals surface area contributed by atoms with E-state index in [0.29, 0.717) is 29.0 Å². The Morgan fingerprint density at radius 3 is 2.46 bits per heavy atom. The molecular formula is C22H34N2O2S2. The normalized spacial score (nSPS) is 43.8. The Bertz CT molecular complexity index is 582. The van der Waals surface area contributed by atoms with Gasteiger partial charge in [0.15, 0.2) is 0 Å². The highest BCUT2D eigenvalue weighted by atomic mass is 32.2. The second kappa shape index (κ2) is 9.62. The van der Waals surface area contributed by atoms with Crippen molar-refractivity contribution >= 4 is 29.5 Å². The fraction of sp³-hybridized carbons (Fsp3) is 0.909. The summed E-state index contributed by atoms with van der Waals surface area (Å²) in [6.45, 7) is 0. The Hall–Kier alpha value is -0.380. The highest BCUT2D eigenvalue weighted by Gasteiger charge is 2.50. The van der Waals surface area contributed by atoms with Crippen molar-refractivity contribution in [2.45, 2.75) is 80.9 Å². The van der Waals surface area contributed by atoms with E-state index in [0.717, 1.165) is 37.9 Å². The minimum atomic E-state index is -0.590. The summed E-state index contributed by atoms with van der Waals surface area (Å²) < 4.78 is 0. The van der Waals surface area contributed by atoms with Crippen molar-refractivity contribution in [2.75, 3.05) is 11.5 Å². The zero-order valence-electron chi connectivity index (χ0n) is 16.7. The maximum Gasteiger partial charge on any atom is 0.309 e. The lowest BCUT2D eigenvalue weighted by atomic mass is 9.66. The van der Waals surface area contributed by atoms with Crippen LogP contribution >= 0.6 is 23.5 Å². The number of fused-ring (bicyclic) bond motifs is 1. The molecule has 4 nitrogen and oxygen atoms in total. The average molecular weight is 423 g/mol. The van der Waals surface area contributed by atoms with E-state index < -0.39 is 5.97 Å². The summed E-state index contributed by atoms with van der Waals surface area (Å²) in [5.41, 5.74) is 0.